The number of oxazole rings is 1. The van der Waals surface area contributed by atoms with E-state index in [1.54, 1.807) is 10.6 Å². The van der Waals surface area contributed by atoms with Crippen LogP contribution in [0.15, 0.2) is 47.4 Å². The van der Waals surface area contributed by atoms with Gasteiger partial charge in [0.1, 0.15) is 17.7 Å². The van der Waals surface area contributed by atoms with E-state index in [0.29, 0.717) is 30.9 Å². The van der Waals surface area contributed by atoms with Gasteiger partial charge in [0.05, 0.1) is 5.75 Å². The fraction of sp³-hybridized carbons (Fsp3) is 0.368. The molecule has 0 bridgehead atoms. The molecule has 0 radical (unpaired) electrons. The predicted octanol–water partition coefficient (Wildman–Crippen LogP) is 2.84. The van der Waals surface area contributed by atoms with Gasteiger partial charge in [0, 0.05) is 37.3 Å². The topological polar surface area (TPSA) is 81.2 Å². The van der Waals surface area contributed by atoms with Gasteiger partial charge in [-0.05, 0) is 12.0 Å². The molecule has 0 atom stereocenters. The maximum absolute atomic E-state index is 13.0. The molecule has 0 unspecified atom stereocenters. The molecule has 0 amide bonds. The van der Waals surface area contributed by atoms with E-state index in [9.17, 15) is 8.42 Å². The van der Waals surface area contributed by atoms with Crippen LogP contribution >= 0.6 is 0 Å². The Kier molecular flexibility index (Phi) is 4.84. The smallest absolute Gasteiger partial charge is 0.218 e. The van der Waals surface area contributed by atoms with E-state index >= 15 is 0 Å². The molecule has 0 spiro atoms. The number of benzene rings is 1. The average Bonchev–Trinajstić information content (AvgIpc) is 3.30. The van der Waals surface area contributed by atoms with Gasteiger partial charge < -0.3 is 4.42 Å². The highest BCUT2D eigenvalue weighted by Crippen LogP contribution is 2.31. The molecule has 0 aliphatic carbocycles. The zero-order chi connectivity index (χ0) is 18.9. The second-order valence-electron chi connectivity index (χ2n) is 6.70. The van der Waals surface area contributed by atoms with Gasteiger partial charge in [-0.2, -0.15) is 9.40 Å². The molecule has 3 heterocycles. The van der Waals surface area contributed by atoms with Crippen LogP contribution in [0.25, 0.3) is 11.4 Å². The number of fused-ring (bicyclic) bond motifs is 1. The molecule has 0 saturated heterocycles. The molecule has 142 valence electrons. The first-order valence-electron chi connectivity index (χ1n) is 9.07. The third kappa shape index (κ3) is 3.54. The molecule has 8 heteroatoms. The van der Waals surface area contributed by atoms with Crippen molar-refractivity contribution in [3.05, 3.63) is 59.8 Å². The van der Waals surface area contributed by atoms with Gasteiger partial charge in [-0.1, -0.05) is 37.3 Å². The van der Waals surface area contributed by atoms with Crippen LogP contribution < -0.4 is 0 Å². The molecule has 1 aliphatic rings. The van der Waals surface area contributed by atoms with Crippen molar-refractivity contribution in [2.24, 2.45) is 0 Å². The van der Waals surface area contributed by atoms with Gasteiger partial charge in [-0.25, -0.2) is 13.4 Å². The highest BCUT2D eigenvalue weighted by atomic mass is 32.2. The molecule has 1 aromatic carbocycles. The second kappa shape index (κ2) is 7.28. The fourth-order valence-corrected chi connectivity index (χ4v) is 5.00. The van der Waals surface area contributed by atoms with Crippen LogP contribution in [-0.2, 0) is 35.3 Å². The summed E-state index contributed by atoms with van der Waals surface area (Å²) in [4.78, 5) is 4.21. The monoisotopic (exact) mass is 386 g/mol. The van der Waals surface area contributed by atoms with Crippen molar-refractivity contribution in [3.8, 4) is 11.4 Å². The summed E-state index contributed by atoms with van der Waals surface area (Å²) >= 11 is 0. The lowest BCUT2D eigenvalue weighted by Crippen LogP contribution is -2.37. The second-order valence-corrected chi connectivity index (χ2v) is 8.66. The fourth-order valence-electron chi connectivity index (χ4n) is 3.51. The molecule has 0 N–H and O–H groups in total. The summed E-state index contributed by atoms with van der Waals surface area (Å²) in [5, 5.41) is 4.70. The van der Waals surface area contributed by atoms with Gasteiger partial charge in [-0.15, -0.1) is 0 Å². The average molecular weight is 386 g/mol. The van der Waals surface area contributed by atoms with Crippen LogP contribution in [0.1, 0.15) is 30.2 Å². The van der Waals surface area contributed by atoms with E-state index in [1.165, 1.54) is 6.39 Å². The zero-order valence-electron chi connectivity index (χ0n) is 15.2. The number of aromatic nitrogens is 3. The van der Waals surface area contributed by atoms with Crippen molar-refractivity contribution >= 4 is 10.0 Å². The van der Waals surface area contributed by atoms with Crippen molar-refractivity contribution in [3.63, 3.8) is 0 Å². The van der Waals surface area contributed by atoms with Gasteiger partial charge in [0.15, 0.2) is 6.39 Å². The zero-order valence-corrected chi connectivity index (χ0v) is 16.0. The van der Waals surface area contributed by atoms with Gasteiger partial charge in [0.2, 0.25) is 10.0 Å². The number of hydrogen-bond donors (Lipinski definition) is 0. The van der Waals surface area contributed by atoms with E-state index in [4.69, 9.17) is 9.52 Å². The molecular formula is C19H22N4O3S. The number of sulfonamides is 1. The first-order valence-corrected chi connectivity index (χ1v) is 10.7. The number of nitrogens with zero attached hydrogens (tertiary/aromatic N) is 4. The third-order valence-electron chi connectivity index (χ3n) is 4.79. The maximum atomic E-state index is 13.0. The van der Waals surface area contributed by atoms with Crippen molar-refractivity contribution < 1.29 is 12.8 Å². The summed E-state index contributed by atoms with van der Waals surface area (Å²) in [6.45, 7) is 3.69. The minimum atomic E-state index is -3.42. The lowest BCUT2D eigenvalue weighted by Gasteiger charge is -2.27. The quantitative estimate of drug-likeness (QED) is 0.651. The number of hydrogen-bond acceptors (Lipinski definition) is 5. The molecule has 7 nitrogen and oxygen atoms in total. The summed E-state index contributed by atoms with van der Waals surface area (Å²) < 4.78 is 34.6. The van der Waals surface area contributed by atoms with E-state index in [0.717, 1.165) is 29.8 Å². The Bertz CT molecular complexity index is 1010. The van der Waals surface area contributed by atoms with Crippen molar-refractivity contribution in [2.75, 3.05) is 6.54 Å². The van der Waals surface area contributed by atoms with Gasteiger partial charge in [-0.3, -0.25) is 4.68 Å². The van der Waals surface area contributed by atoms with Crippen molar-refractivity contribution in [1.29, 1.82) is 0 Å². The van der Waals surface area contributed by atoms with Crippen LogP contribution in [-0.4, -0.2) is 34.0 Å². The Morgan fingerprint density at radius 3 is 2.74 bits per heavy atom. The van der Waals surface area contributed by atoms with E-state index in [-0.39, 0.29) is 5.75 Å². The van der Waals surface area contributed by atoms with Crippen LogP contribution in [0.4, 0.5) is 0 Å². The molecule has 4 rings (SSSR count). The molecule has 0 fully saturated rings. The molecule has 1 aliphatic heterocycles. The standard InChI is InChI=1S/C19H22N4O3S/c1-2-9-23-18-8-10-22(27(24,25)13-15-6-4-3-5-7-15)11-16(18)19(21-23)17-12-26-14-20-17/h3-7,12,14H,2,8-11,13H2,1H3. The maximum Gasteiger partial charge on any atom is 0.218 e. The highest BCUT2D eigenvalue weighted by Gasteiger charge is 2.32. The number of aryl methyl sites for hydroxylation is 1. The van der Waals surface area contributed by atoms with Crippen LogP contribution in [0.2, 0.25) is 0 Å². The summed E-state index contributed by atoms with van der Waals surface area (Å²) in [5.41, 5.74) is 4.18. The first-order chi connectivity index (χ1) is 13.1. The Morgan fingerprint density at radius 1 is 1.22 bits per heavy atom. The lowest BCUT2D eigenvalue weighted by atomic mass is 10.1. The molecule has 3 aromatic rings. The Labute approximate surface area is 158 Å². The Morgan fingerprint density at radius 2 is 2.04 bits per heavy atom. The predicted molar refractivity (Wildman–Crippen MR) is 101 cm³/mol. The summed E-state index contributed by atoms with van der Waals surface area (Å²) in [5.74, 6) is 0.00552. The van der Waals surface area contributed by atoms with Gasteiger partial charge in [0.25, 0.3) is 0 Å². The van der Waals surface area contributed by atoms with E-state index < -0.39 is 10.0 Å². The normalized spacial score (nSPS) is 15.0. The largest absolute Gasteiger partial charge is 0.451 e. The van der Waals surface area contributed by atoms with Crippen LogP contribution in [0, 0.1) is 0 Å². The SMILES string of the molecule is CCCn1nc(-c2cocn2)c2c1CCN(S(=O)(=O)Cc1ccccc1)C2. The minimum Gasteiger partial charge on any atom is -0.451 e. The molecule has 27 heavy (non-hydrogen) atoms. The Balaban J connectivity index is 1.66. The van der Waals surface area contributed by atoms with E-state index in [1.807, 2.05) is 35.0 Å². The third-order valence-corrected chi connectivity index (χ3v) is 6.59. The van der Waals surface area contributed by atoms with E-state index in [2.05, 4.69) is 11.9 Å². The summed E-state index contributed by atoms with van der Waals surface area (Å²) in [7, 11) is -3.42. The molecule has 0 saturated carbocycles. The van der Waals surface area contributed by atoms with Crippen LogP contribution in [0.5, 0.6) is 0 Å². The minimum absolute atomic E-state index is 0.00552. The van der Waals surface area contributed by atoms with Gasteiger partial charge >= 0.3 is 0 Å². The molecule has 2 aromatic heterocycles. The number of rotatable bonds is 6. The lowest BCUT2D eigenvalue weighted by molar-refractivity contribution is 0.382. The first kappa shape index (κ1) is 17.9. The summed E-state index contributed by atoms with van der Waals surface area (Å²) in [6, 6.07) is 9.28. The van der Waals surface area contributed by atoms with Crippen molar-refractivity contribution in [1.82, 2.24) is 19.1 Å². The highest BCUT2D eigenvalue weighted by molar-refractivity contribution is 7.88. The Hall–Kier alpha value is -2.45. The van der Waals surface area contributed by atoms with Crippen molar-refractivity contribution in [2.45, 2.75) is 38.6 Å². The molecular weight excluding hydrogens is 364 g/mol. The summed E-state index contributed by atoms with van der Waals surface area (Å²) in [6.07, 6.45) is 4.53. The van der Waals surface area contributed by atoms with Crippen LogP contribution in [0.3, 0.4) is 0 Å².